The first-order valence-corrected chi connectivity index (χ1v) is 8.47. The van der Waals surface area contributed by atoms with Gasteiger partial charge >= 0.3 is 0 Å². The summed E-state index contributed by atoms with van der Waals surface area (Å²) in [7, 11) is 6.24. The summed E-state index contributed by atoms with van der Waals surface area (Å²) >= 11 is 3.44. The number of hydrogen-bond donors (Lipinski definition) is 0. The average Bonchev–Trinajstić information content (AvgIpc) is 3.16. The van der Waals surface area contributed by atoms with Crippen LogP contribution < -0.4 is 18.9 Å². The van der Waals surface area contributed by atoms with Gasteiger partial charge in [-0.2, -0.15) is 0 Å². The van der Waals surface area contributed by atoms with Crippen molar-refractivity contribution in [2.24, 2.45) is 0 Å². The van der Waals surface area contributed by atoms with Crippen molar-refractivity contribution in [1.82, 2.24) is 15.0 Å². The molecule has 0 fully saturated rings. The van der Waals surface area contributed by atoms with E-state index in [2.05, 4.69) is 26.2 Å². The van der Waals surface area contributed by atoms with E-state index < -0.39 is 0 Å². The van der Waals surface area contributed by atoms with Crippen LogP contribution in [0.15, 0.2) is 41.0 Å². The second-order valence-corrected chi connectivity index (χ2v) is 6.15. The quantitative estimate of drug-likeness (QED) is 0.606. The van der Waals surface area contributed by atoms with Gasteiger partial charge in [-0.3, -0.25) is 0 Å². The lowest BCUT2D eigenvalue weighted by Gasteiger charge is -2.18. The minimum atomic E-state index is 0.438. The van der Waals surface area contributed by atoms with Gasteiger partial charge in [0.2, 0.25) is 11.5 Å². The molecule has 0 unspecified atom stereocenters. The molecular weight excluding hydrogens is 402 g/mol. The molecule has 1 aromatic heterocycles. The number of aromatic nitrogens is 3. The molecule has 0 amide bonds. The van der Waals surface area contributed by atoms with E-state index in [-0.39, 0.29) is 0 Å². The Morgan fingerprint density at radius 3 is 2.08 bits per heavy atom. The van der Waals surface area contributed by atoms with Gasteiger partial charge in [0.25, 0.3) is 0 Å². The lowest BCUT2D eigenvalue weighted by molar-refractivity contribution is 0.306. The largest absolute Gasteiger partial charge is 0.493 e. The minimum absolute atomic E-state index is 0.438. The zero-order valence-electron chi connectivity index (χ0n) is 14.8. The summed E-state index contributed by atoms with van der Waals surface area (Å²) in [6.45, 7) is 0. The van der Waals surface area contributed by atoms with Crippen molar-refractivity contribution in [2.45, 2.75) is 0 Å². The zero-order chi connectivity index (χ0) is 18.7. The van der Waals surface area contributed by atoms with Crippen molar-refractivity contribution in [3.05, 3.63) is 41.0 Å². The van der Waals surface area contributed by atoms with Crippen molar-refractivity contribution >= 4 is 15.9 Å². The summed E-state index contributed by atoms with van der Waals surface area (Å²) in [5.74, 6) is 1.92. The Labute approximate surface area is 159 Å². The number of halogens is 1. The summed E-state index contributed by atoms with van der Waals surface area (Å²) in [5.41, 5.74) is 2.30. The highest BCUT2D eigenvalue weighted by Crippen LogP contribution is 2.50. The van der Waals surface area contributed by atoms with Gasteiger partial charge in [-0.15, -0.1) is 5.10 Å². The van der Waals surface area contributed by atoms with Crippen LogP contribution in [-0.2, 0) is 0 Å². The fourth-order valence-electron chi connectivity index (χ4n) is 2.71. The summed E-state index contributed by atoms with van der Waals surface area (Å²) in [6, 6.07) is 9.56. The van der Waals surface area contributed by atoms with Crippen LogP contribution in [0.4, 0.5) is 0 Å². The predicted molar refractivity (Wildman–Crippen MR) is 101 cm³/mol. The molecule has 8 heteroatoms. The van der Waals surface area contributed by atoms with E-state index in [4.69, 9.17) is 18.9 Å². The van der Waals surface area contributed by atoms with Gasteiger partial charge in [0.05, 0.1) is 51.6 Å². The van der Waals surface area contributed by atoms with Gasteiger partial charge in [0, 0.05) is 4.47 Å². The smallest absolute Gasteiger partial charge is 0.207 e. The Kier molecular flexibility index (Phi) is 5.32. The van der Waals surface area contributed by atoms with Crippen LogP contribution in [0.3, 0.4) is 0 Å². The van der Waals surface area contributed by atoms with E-state index in [0.717, 1.165) is 21.4 Å². The summed E-state index contributed by atoms with van der Waals surface area (Å²) in [4.78, 5) is 0. The number of hydrogen-bond acceptors (Lipinski definition) is 6. The molecule has 2 aromatic carbocycles. The maximum Gasteiger partial charge on any atom is 0.207 e. The van der Waals surface area contributed by atoms with Crippen LogP contribution in [0.25, 0.3) is 16.9 Å². The van der Waals surface area contributed by atoms with Gasteiger partial charge in [0.15, 0.2) is 11.5 Å². The number of nitrogens with zero attached hydrogens (tertiary/aromatic N) is 3. The van der Waals surface area contributed by atoms with Gasteiger partial charge < -0.3 is 18.9 Å². The van der Waals surface area contributed by atoms with Gasteiger partial charge in [-0.1, -0.05) is 21.1 Å². The van der Waals surface area contributed by atoms with E-state index in [1.165, 1.54) is 0 Å². The Hall–Kier alpha value is -2.74. The summed E-state index contributed by atoms with van der Waals surface area (Å²) in [5, 5.41) is 8.26. The fourth-order valence-corrected chi connectivity index (χ4v) is 2.98. The highest BCUT2D eigenvalue weighted by atomic mass is 79.9. The number of rotatable bonds is 6. The molecule has 3 aromatic rings. The first kappa shape index (κ1) is 18.1. The average molecular weight is 420 g/mol. The molecule has 0 N–H and O–H groups in total. The molecule has 0 aliphatic carbocycles. The van der Waals surface area contributed by atoms with Crippen molar-refractivity contribution in [3.8, 4) is 39.9 Å². The van der Waals surface area contributed by atoms with Crippen LogP contribution in [0.1, 0.15) is 0 Å². The standard InChI is InChI=1S/C18H18BrN3O4/c1-23-15-9-13(16(24-2)18(26-4)17(15)25-3)14-10-20-21-22(14)12-7-5-11(19)6-8-12/h5-10H,1-4H3. The third-order valence-corrected chi connectivity index (χ3v) is 4.41. The molecule has 0 spiro atoms. The number of methoxy groups -OCH3 is 4. The van der Waals surface area contributed by atoms with Crippen molar-refractivity contribution in [3.63, 3.8) is 0 Å². The van der Waals surface area contributed by atoms with Crippen LogP contribution in [0.2, 0.25) is 0 Å². The molecule has 0 saturated heterocycles. The van der Waals surface area contributed by atoms with E-state index in [1.807, 2.05) is 30.3 Å². The molecule has 3 rings (SSSR count). The van der Waals surface area contributed by atoms with Gasteiger partial charge in [-0.05, 0) is 30.3 Å². The topological polar surface area (TPSA) is 67.6 Å². The van der Waals surface area contributed by atoms with Gasteiger partial charge in [-0.25, -0.2) is 4.68 Å². The predicted octanol–water partition coefficient (Wildman–Crippen LogP) is 3.73. The van der Waals surface area contributed by atoms with Gasteiger partial charge in [0.1, 0.15) is 0 Å². The molecule has 0 aliphatic rings. The molecule has 0 aliphatic heterocycles. The zero-order valence-corrected chi connectivity index (χ0v) is 16.4. The fraction of sp³-hybridized carbons (Fsp3) is 0.222. The van der Waals surface area contributed by atoms with E-state index in [9.17, 15) is 0 Å². The minimum Gasteiger partial charge on any atom is -0.493 e. The molecule has 0 saturated carbocycles. The second-order valence-electron chi connectivity index (χ2n) is 5.23. The van der Waals surface area contributed by atoms with E-state index >= 15 is 0 Å². The molecular formula is C18H18BrN3O4. The maximum absolute atomic E-state index is 5.61. The second kappa shape index (κ2) is 7.65. The van der Waals surface area contributed by atoms with Crippen LogP contribution >= 0.6 is 15.9 Å². The third kappa shape index (κ3) is 3.08. The lowest BCUT2D eigenvalue weighted by atomic mass is 10.1. The van der Waals surface area contributed by atoms with Crippen LogP contribution in [0.5, 0.6) is 23.0 Å². The van der Waals surface area contributed by atoms with Crippen LogP contribution in [0, 0.1) is 0 Å². The van der Waals surface area contributed by atoms with Crippen LogP contribution in [-0.4, -0.2) is 43.4 Å². The monoisotopic (exact) mass is 419 g/mol. The molecule has 1 heterocycles. The highest BCUT2D eigenvalue weighted by Gasteiger charge is 2.24. The Morgan fingerprint density at radius 2 is 1.50 bits per heavy atom. The maximum atomic E-state index is 5.61. The van der Waals surface area contributed by atoms with E-state index in [0.29, 0.717) is 23.0 Å². The molecule has 136 valence electrons. The van der Waals surface area contributed by atoms with E-state index in [1.54, 1.807) is 39.3 Å². The summed E-state index contributed by atoms with van der Waals surface area (Å²) < 4.78 is 24.7. The lowest BCUT2D eigenvalue weighted by Crippen LogP contribution is -2.03. The molecule has 0 radical (unpaired) electrons. The Morgan fingerprint density at radius 1 is 0.846 bits per heavy atom. The summed E-state index contributed by atoms with van der Waals surface area (Å²) in [6.07, 6.45) is 1.66. The van der Waals surface area contributed by atoms with Crippen molar-refractivity contribution in [1.29, 1.82) is 0 Å². The highest BCUT2D eigenvalue weighted by molar-refractivity contribution is 9.10. The Balaban J connectivity index is 2.25. The number of benzene rings is 2. The molecule has 0 atom stereocenters. The molecule has 0 bridgehead atoms. The SMILES string of the molecule is COc1cc(-c2cnnn2-c2ccc(Br)cc2)c(OC)c(OC)c1OC. The normalized spacial score (nSPS) is 10.5. The molecule has 7 nitrogen and oxygen atoms in total. The number of ether oxygens (including phenoxy) is 4. The first-order valence-electron chi connectivity index (χ1n) is 7.68. The Bertz CT molecular complexity index is 910. The first-order chi connectivity index (χ1) is 12.6. The third-order valence-electron chi connectivity index (χ3n) is 3.89. The van der Waals surface area contributed by atoms with Crippen molar-refractivity contribution < 1.29 is 18.9 Å². The van der Waals surface area contributed by atoms with Crippen molar-refractivity contribution in [2.75, 3.05) is 28.4 Å². The molecule has 26 heavy (non-hydrogen) atoms.